The molecular formula is C14H16N2O. The van der Waals surface area contributed by atoms with Crippen molar-refractivity contribution in [3.8, 4) is 12.3 Å². The van der Waals surface area contributed by atoms with E-state index in [0.29, 0.717) is 13.1 Å². The average molecular weight is 228 g/mol. The van der Waals surface area contributed by atoms with E-state index >= 15 is 0 Å². The third-order valence-corrected chi connectivity index (χ3v) is 2.13. The molecule has 1 rings (SSSR count). The molecule has 1 amide bonds. The molecule has 0 spiro atoms. The van der Waals surface area contributed by atoms with Crippen molar-refractivity contribution in [2.75, 3.05) is 6.54 Å². The van der Waals surface area contributed by atoms with Crippen LogP contribution in [-0.2, 0) is 11.3 Å². The fourth-order valence-electron chi connectivity index (χ4n) is 1.27. The first-order valence-electron chi connectivity index (χ1n) is 5.40. The van der Waals surface area contributed by atoms with Gasteiger partial charge >= 0.3 is 0 Å². The molecule has 17 heavy (non-hydrogen) atoms. The molecule has 0 fully saturated rings. The monoisotopic (exact) mass is 228 g/mol. The Balaban J connectivity index is 2.38. The van der Waals surface area contributed by atoms with Crippen LogP contribution in [0.25, 0.3) is 0 Å². The highest BCUT2D eigenvalue weighted by molar-refractivity contribution is 5.87. The van der Waals surface area contributed by atoms with Gasteiger partial charge in [0.25, 0.3) is 0 Å². The van der Waals surface area contributed by atoms with Gasteiger partial charge in [-0.2, -0.15) is 0 Å². The zero-order chi connectivity index (χ0) is 12.5. The zero-order valence-corrected chi connectivity index (χ0v) is 9.86. The van der Waals surface area contributed by atoms with Gasteiger partial charge in [-0.1, -0.05) is 36.3 Å². The lowest BCUT2D eigenvalue weighted by molar-refractivity contribution is -0.116. The Bertz CT molecular complexity index is 429. The fraction of sp³-hybridized carbons (Fsp3) is 0.214. The van der Waals surface area contributed by atoms with Crippen LogP contribution in [0.15, 0.2) is 42.1 Å². The average Bonchev–Trinajstić information content (AvgIpc) is 2.35. The third-order valence-electron chi connectivity index (χ3n) is 2.13. The van der Waals surface area contributed by atoms with Crippen LogP contribution in [0.4, 0.5) is 0 Å². The van der Waals surface area contributed by atoms with Crippen molar-refractivity contribution in [3.63, 3.8) is 0 Å². The predicted octanol–water partition coefficient (Wildman–Crippen LogP) is 1.43. The molecule has 0 aromatic heterocycles. The minimum absolute atomic E-state index is 0.129. The summed E-state index contributed by atoms with van der Waals surface area (Å²) in [5.74, 6) is 2.32. The number of hydrogen-bond acceptors (Lipinski definition) is 2. The van der Waals surface area contributed by atoms with Crippen molar-refractivity contribution in [1.82, 2.24) is 10.6 Å². The summed E-state index contributed by atoms with van der Waals surface area (Å²) in [6.45, 7) is 2.76. The molecule has 0 aliphatic heterocycles. The number of allylic oxidation sites excluding steroid dienone is 1. The SMILES string of the molecule is C#CCN/C(C)=C/C(=O)NCc1ccccc1. The van der Waals surface area contributed by atoms with E-state index in [2.05, 4.69) is 16.6 Å². The number of terminal acetylenes is 1. The molecule has 0 heterocycles. The van der Waals surface area contributed by atoms with Crippen molar-refractivity contribution in [3.05, 3.63) is 47.7 Å². The lowest BCUT2D eigenvalue weighted by Crippen LogP contribution is -2.22. The Hall–Kier alpha value is -2.21. The molecule has 1 aromatic carbocycles. The van der Waals surface area contributed by atoms with Crippen molar-refractivity contribution in [2.24, 2.45) is 0 Å². The normalized spacial score (nSPS) is 10.5. The molecule has 0 bridgehead atoms. The molecule has 3 nitrogen and oxygen atoms in total. The minimum Gasteiger partial charge on any atom is -0.378 e. The molecule has 0 radical (unpaired) electrons. The third kappa shape index (κ3) is 5.43. The Labute approximate surface area is 102 Å². The quantitative estimate of drug-likeness (QED) is 0.591. The number of rotatable bonds is 5. The van der Waals surface area contributed by atoms with E-state index in [4.69, 9.17) is 6.42 Å². The summed E-state index contributed by atoms with van der Waals surface area (Å²) in [4.78, 5) is 11.5. The summed E-state index contributed by atoms with van der Waals surface area (Å²) in [6, 6.07) is 9.76. The van der Waals surface area contributed by atoms with Crippen LogP contribution in [0.5, 0.6) is 0 Å². The van der Waals surface area contributed by atoms with Crippen LogP contribution >= 0.6 is 0 Å². The summed E-state index contributed by atoms with van der Waals surface area (Å²) in [6.07, 6.45) is 6.60. The molecule has 0 atom stereocenters. The van der Waals surface area contributed by atoms with E-state index in [1.807, 2.05) is 30.3 Å². The van der Waals surface area contributed by atoms with Crippen LogP contribution in [-0.4, -0.2) is 12.5 Å². The van der Waals surface area contributed by atoms with Crippen LogP contribution in [0, 0.1) is 12.3 Å². The van der Waals surface area contributed by atoms with Gasteiger partial charge in [-0.25, -0.2) is 0 Å². The van der Waals surface area contributed by atoms with Gasteiger partial charge in [0.1, 0.15) is 0 Å². The first kappa shape index (κ1) is 12.9. The maximum Gasteiger partial charge on any atom is 0.245 e. The number of carbonyl (C=O) groups excluding carboxylic acids is 1. The predicted molar refractivity (Wildman–Crippen MR) is 68.9 cm³/mol. The largest absolute Gasteiger partial charge is 0.378 e. The second-order valence-electron chi connectivity index (χ2n) is 3.59. The van der Waals surface area contributed by atoms with Gasteiger partial charge in [0.05, 0.1) is 6.54 Å². The first-order valence-corrected chi connectivity index (χ1v) is 5.40. The molecule has 0 aliphatic carbocycles. The van der Waals surface area contributed by atoms with Crippen molar-refractivity contribution >= 4 is 5.91 Å². The van der Waals surface area contributed by atoms with E-state index in [0.717, 1.165) is 11.3 Å². The van der Waals surface area contributed by atoms with Gasteiger partial charge < -0.3 is 10.6 Å². The molecular weight excluding hydrogens is 212 g/mol. The lowest BCUT2D eigenvalue weighted by atomic mass is 10.2. The molecule has 0 saturated carbocycles. The highest BCUT2D eigenvalue weighted by atomic mass is 16.1. The number of hydrogen-bond donors (Lipinski definition) is 2. The summed E-state index contributed by atoms with van der Waals surface area (Å²) in [5.41, 5.74) is 1.83. The van der Waals surface area contributed by atoms with Gasteiger partial charge in [-0.15, -0.1) is 6.42 Å². The minimum atomic E-state index is -0.129. The van der Waals surface area contributed by atoms with Crippen LogP contribution < -0.4 is 10.6 Å². The first-order chi connectivity index (χ1) is 8.22. The summed E-state index contributed by atoms with van der Waals surface area (Å²) >= 11 is 0. The van der Waals surface area contributed by atoms with Crippen molar-refractivity contribution in [1.29, 1.82) is 0 Å². The number of nitrogens with one attached hydrogen (secondary N) is 2. The molecule has 0 saturated heterocycles. The Kier molecular flexibility index (Phi) is 5.39. The summed E-state index contributed by atoms with van der Waals surface area (Å²) in [5, 5.41) is 5.72. The molecule has 1 aromatic rings. The van der Waals surface area contributed by atoms with Crippen molar-refractivity contribution in [2.45, 2.75) is 13.5 Å². The van der Waals surface area contributed by atoms with Gasteiger partial charge in [0.2, 0.25) is 5.91 Å². The fourth-order valence-corrected chi connectivity index (χ4v) is 1.27. The Morgan fingerprint density at radius 3 is 2.71 bits per heavy atom. The van der Waals surface area contributed by atoms with E-state index in [1.54, 1.807) is 6.92 Å². The standard InChI is InChI=1S/C14H16N2O/c1-3-9-15-12(2)10-14(17)16-11-13-7-5-4-6-8-13/h1,4-8,10,15H,9,11H2,2H3,(H,16,17)/b12-10+. The lowest BCUT2D eigenvalue weighted by Gasteiger charge is -2.04. The zero-order valence-electron chi connectivity index (χ0n) is 9.86. The van der Waals surface area contributed by atoms with Gasteiger partial charge in [0.15, 0.2) is 0 Å². The van der Waals surface area contributed by atoms with Crippen LogP contribution in [0.2, 0.25) is 0 Å². The highest BCUT2D eigenvalue weighted by Gasteiger charge is 1.97. The summed E-state index contributed by atoms with van der Waals surface area (Å²) < 4.78 is 0. The highest BCUT2D eigenvalue weighted by Crippen LogP contribution is 1.97. The number of amides is 1. The molecule has 0 aliphatic rings. The molecule has 0 unspecified atom stereocenters. The Morgan fingerprint density at radius 1 is 1.35 bits per heavy atom. The van der Waals surface area contributed by atoms with E-state index in [1.165, 1.54) is 6.08 Å². The summed E-state index contributed by atoms with van der Waals surface area (Å²) in [7, 11) is 0. The van der Waals surface area contributed by atoms with Crippen LogP contribution in [0.1, 0.15) is 12.5 Å². The van der Waals surface area contributed by atoms with E-state index in [9.17, 15) is 4.79 Å². The second kappa shape index (κ2) is 7.13. The molecule has 3 heteroatoms. The van der Waals surface area contributed by atoms with Crippen molar-refractivity contribution < 1.29 is 4.79 Å². The number of carbonyl (C=O) groups is 1. The maximum absolute atomic E-state index is 11.5. The molecule has 88 valence electrons. The van der Waals surface area contributed by atoms with Gasteiger partial charge in [0, 0.05) is 18.3 Å². The number of benzene rings is 1. The van der Waals surface area contributed by atoms with Gasteiger partial charge in [-0.05, 0) is 12.5 Å². The van der Waals surface area contributed by atoms with Crippen LogP contribution in [0.3, 0.4) is 0 Å². The Morgan fingerprint density at radius 2 is 2.06 bits per heavy atom. The smallest absolute Gasteiger partial charge is 0.245 e. The second-order valence-corrected chi connectivity index (χ2v) is 3.59. The van der Waals surface area contributed by atoms with E-state index < -0.39 is 0 Å². The maximum atomic E-state index is 11.5. The molecule has 2 N–H and O–H groups in total. The topological polar surface area (TPSA) is 41.1 Å². The van der Waals surface area contributed by atoms with E-state index in [-0.39, 0.29) is 5.91 Å². The van der Waals surface area contributed by atoms with Gasteiger partial charge in [-0.3, -0.25) is 4.79 Å².